The molecule has 0 aromatic heterocycles. The number of carbonyl (C=O) groups excluding carboxylic acids is 4. The molecule has 0 spiro atoms. The lowest BCUT2D eigenvalue weighted by molar-refractivity contribution is -0.158. The maximum absolute atomic E-state index is 12.4. The first kappa shape index (κ1) is 21.0. The molecule has 1 aliphatic carbocycles. The van der Waals surface area contributed by atoms with Crippen LogP contribution in [0.5, 0.6) is 0 Å². The zero-order chi connectivity index (χ0) is 21.1. The summed E-state index contributed by atoms with van der Waals surface area (Å²) < 4.78 is 5.16. The van der Waals surface area contributed by atoms with Crippen LogP contribution in [0.1, 0.15) is 57.9 Å². The topological polar surface area (TPSA) is 92.8 Å². The SMILES string of the molecule is CC(C)c1ccc(NC(=O)[C@H](C)OC(=O)CN2C(=O)[C@H]3CCCC[C@H]3C2=O)cc1. The minimum Gasteiger partial charge on any atom is -0.451 e. The van der Waals surface area contributed by atoms with Crippen molar-refractivity contribution in [3.63, 3.8) is 0 Å². The molecular weight excluding hydrogens is 372 g/mol. The van der Waals surface area contributed by atoms with Crippen molar-refractivity contribution in [1.82, 2.24) is 4.90 Å². The molecule has 0 radical (unpaired) electrons. The van der Waals surface area contributed by atoms with E-state index in [4.69, 9.17) is 4.74 Å². The van der Waals surface area contributed by atoms with Crippen molar-refractivity contribution >= 4 is 29.4 Å². The molecule has 3 rings (SSSR count). The Morgan fingerprint density at radius 2 is 1.59 bits per heavy atom. The summed E-state index contributed by atoms with van der Waals surface area (Å²) in [5.74, 6) is -2.04. The first-order valence-corrected chi connectivity index (χ1v) is 10.2. The van der Waals surface area contributed by atoms with Gasteiger partial charge in [-0.3, -0.25) is 24.1 Å². The molecule has 7 heteroatoms. The second-order valence-electron chi connectivity index (χ2n) is 8.16. The molecule has 0 bridgehead atoms. The Bertz CT molecular complexity index is 778. The molecule has 0 unspecified atom stereocenters. The van der Waals surface area contributed by atoms with E-state index in [1.165, 1.54) is 6.92 Å². The fourth-order valence-electron chi connectivity index (χ4n) is 4.00. The average Bonchev–Trinajstić information content (AvgIpc) is 2.93. The molecule has 3 amide bonds. The van der Waals surface area contributed by atoms with Gasteiger partial charge < -0.3 is 10.1 Å². The highest BCUT2D eigenvalue weighted by Crippen LogP contribution is 2.37. The first-order valence-electron chi connectivity index (χ1n) is 10.2. The summed E-state index contributed by atoms with van der Waals surface area (Å²) in [7, 11) is 0. The third-order valence-electron chi connectivity index (χ3n) is 5.74. The quantitative estimate of drug-likeness (QED) is 0.585. The highest BCUT2D eigenvalue weighted by molar-refractivity contribution is 6.07. The molecule has 7 nitrogen and oxygen atoms in total. The number of rotatable bonds is 6. The Morgan fingerprint density at radius 1 is 1.03 bits per heavy atom. The molecule has 2 fully saturated rings. The first-order chi connectivity index (χ1) is 13.8. The van der Waals surface area contributed by atoms with Gasteiger partial charge >= 0.3 is 5.97 Å². The van der Waals surface area contributed by atoms with Crippen LogP contribution in [-0.2, 0) is 23.9 Å². The van der Waals surface area contributed by atoms with Crippen LogP contribution in [-0.4, -0.2) is 41.2 Å². The van der Waals surface area contributed by atoms with Crippen LogP contribution in [0.4, 0.5) is 5.69 Å². The number of imide groups is 1. The van der Waals surface area contributed by atoms with Gasteiger partial charge in [-0.1, -0.05) is 38.8 Å². The summed E-state index contributed by atoms with van der Waals surface area (Å²) in [4.78, 5) is 50.4. The van der Waals surface area contributed by atoms with Crippen molar-refractivity contribution < 1.29 is 23.9 Å². The van der Waals surface area contributed by atoms with Gasteiger partial charge in [0, 0.05) is 5.69 Å². The second kappa shape index (κ2) is 8.76. The number of hydrogen-bond acceptors (Lipinski definition) is 5. The van der Waals surface area contributed by atoms with E-state index < -0.39 is 24.5 Å². The van der Waals surface area contributed by atoms with Crippen LogP contribution >= 0.6 is 0 Å². The number of benzene rings is 1. The van der Waals surface area contributed by atoms with Crippen molar-refractivity contribution in [2.45, 2.75) is 58.5 Å². The van der Waals surface area contributed by atoms with Gasteiger partial charge in [0.1, 0.15) is 6.54 Å². The minimum atomic E-state index is -1.04. The van der Waals surface area contributed by atoms with E-state index in [0.717, 1.165) is 23.3 Å². The van der Waals surface area contributed by atoms with E-state index >= 15 is 0 Å². The van der Waals surface area contributed by atoms with E-state index in [1.54, 1.807) is 12.1 Å². The molecule has 1 N–H and O–H groups in total. The largest absolute Gasteiger partial charge is 0.451 e. The lowest BCUT2D eigenvalue weighted by Gasteiger charge is -2.19. The minimum absolute atomic E-state index is 0.293. The highest BCUT2D eigenvalue weighted by Gasteiger charge is 2.48. The maximum atomic E-state index is 12.4. The van der Waals surface area contributed by atoms with Crippen molar-refractivity contribution in [1.29, 1.82) is 0 Å². The number of likely N-dealkylation sites (tertiary alicyclic amines) is 1. The van der Waals surface area contributed by atoms with Crippen LogP contribution < -0.4 is 5.32 Å². The molecule has 1 heterocycles. The molecule has 29 heavy (non-hydrogen) atoms. The third kappa shape index (κ3) is 4.66. The number of amides is 3. The van der Waals surface area contributed by atoms with Crippen molar-refractivity contribution in [3.8, 4) is 0 Å². The number of nitrogens with zero attached hydrogens (tertiary/aromatic N) is 1. The van der Waals surface area contributed by atoms with Gasteiger partial charge in [-0.15, -0.1) is 0 Å². The average molecular weight is 400 g/mol. The predicted octanol–water partition coefficient (Wildman–Crippen LogP) is 2.86. The molecule has 1 saturated carbocycles. The monoisotopic (exact) mass is 400 g/mol. The smallest absolute Gasteiger partial charge is 0.326 e. The van der Waals surface area contributed by atoms with Gasteiger partial charge in [-0.2, -0.15) is 0 Å². The van der Waals surface area contributed by atoms with Crippen LogP contribution in [0.15, 0.2) is 24.3 Å². The Morgan fingerprint density at radius 3 is 2.10 bits per heavy atom. The summed E-state index contributed by atoms with van der Waals surface area (Å²) in [5, 5.41) is 2.70. The molecule has 156 valence electrons. The van der Waals surface area contributed by atoms with E-state index in [0.29, 0.717) is 24.4 Å². The van der Waals surface area contributed by atoms with Gasteiger partial charge in [-0.25, -0.2) is 0 Å². The Kier molecular flexibility index (Phi) is 6.35. The number of fused-ring (bicyclic) bond motifs is 1. The van der Waals surface area contributed by atoms with E-state index in [-0.39, 0.29) is 23.7 Å². The van der Waals surface area contributed by atoms with Gasteiger partial charge in [-0.05, 0) is 43.4 Å². The summed E-state index contributed by atoms with van der Waals surface area (Å²) in [6, 6.07) is 7.46. The Hall–Kier alpha value is -2.70. The lowest BCUT2D eigenvalue weighted by atomic mass is 9.81. The zero-order valence-corrected chi connectivity index (χ0v) is 17.1. The van der Waals surface area contributed by atoms with Crippen molar-refractivity contribution in [2.24, 2.45) is 11.8 Å². The Balaban J connectivity index is 1.52. The molecule has 3 atom stereocenters. The van der Waals surface area contributed by atoms with Gasteiger partial charge in [0.05, 0.1) is 11.8 Å². The number of carbonyl (C=O) groups is 4. The number of anilines is 1. The van der Waals surface area contributed by atoms with Crippen molar-refractivity contribution in [3.05, 3.63) is 29.8 Å². The number of ether oxygens (including phenoxy) is 1. The molecule has 1 saturated heterocycles. The third-order valence-corrected chi connectivity index (χ3v) is 5.74. The molecule has 1 aromatic rings. The van der Waals surface area contributed by atoms with E-state index in [2.05, 4.69) is 19.2 Å². The number of esters is 1. The molecule has 1 aromatic carbocycles. The fraction of sp³-hybridized carbons (Fsp3) is 0.545. The molecule has 1 aliphatic heterocycles. The standard InChI is InChI=1S/C22H28N2O5/c1-13(2)15-8-10-16(11-9-15)23-20(26)14(3)29-19(25)12-24-21(27)17-6-4-5-7-18(17)22(24)28/h8-11,13-14,17-18H,4-7,12H2,1-3H3,(H,23,26)/t14-,17-,18+/m0/s1. The summed E-state index contributed by atoms with van der Waals surface area (Å²) in [6.45, 7) is 5.19. The van der Waals surface area contributed by atoms with Crippen LogP contribution in [0.3, 0.4) is 0 Å². The molecular formula is C22H28N2O5. The number of hydrogen-bond donors (Lipinski definition) is 1. The van der Waals surface area contributed by atoms with Gasteiger partial charge in [0.2, 0.25) is 11.8 Å². The van der Waals surface area contributed by atoms with Crippen molar-refractivity contribution in [2.75, 3.05) is 11.9 Å². The summed E-state index contributed by atoms with van der Waals surface area (Å²) in [5.41, 5.74) is 1.76. The summed E-state index contributed by atoms with van der Waals surface area (Å²) >= 11 is 0. The summed E-state index contributed by atoms with van der Waals surface area (Å²) in [6.07, 6.45) is 2.19. The zero-order valence-electron chi connectivity index (χ0n) is 17.1. The normalized spacial score (nSPS) is 22.4. The van der Waals surface area contributed by atoms with Gasteiger partial charge in [0.15, 0.2) is 6.10 Å². The van der Waals surface area contributed by atoms with E-state index in [1.807, 2.05) is 12.1 Å². The maximum Gasteiger partial charge on any atom is 0.326 e. The Labute approximate surface area is 170 Å². The van der Waals surface area contributed by atoms with E-state index in [9.17, 15) is 19.2 Å². The fourth-order valence-corrected chi connectivity index (χ4v) is 4.00. The molecule has 2 aliphatic rings. The predicted molar refractivity (Wildman–Crippen MR) is 107 cm³/mol. The lowest BCUT2D eigenvalue weighted by Crippen LogP contribution is -2.39. The van der Waals surface area contributed by atoms with Crippen LogP contribution in [0.2, 0.25) is 0 Å². The van der Waals surface area contributed by atoms with Gasteiger partial charge in [0.25, 0.3) is 5.91 Å². The number of nitrogens with one attached hydrogen (secondary N) is 1. The second-order valence-corrected chi connectivity index (χ2v) is 8.16. The van der Waals surface area contributed by atoms with Crippen LogP contribution in [0, 0.1) is 11.8 Å². The van der Waals surface area contributed by atoms with Crippen LogP contribution in [0.25, 0.3) is 0 Å². The highest BCUT2D eigenvalue weighted by atomic mass is 16.5.